The van der Waals surface area contributed by atoms with Gasteiger partial charge in [-0.2, -0.15) is 4.98 Å². The molecule has 4 N–H and O–H groups in total. The lowest BCUT2D eigenvalue weighted by Crippen LogP contribution is -2.17. The van der Waals surface area contributed by atoms with Crippen LogP contribution in [0.2, 0.25) is 0 Å². The highest BCUT2D eigenvalue weighted by atomic mass is 16.1. The van der Waals surface area contributed by atoms with Crippen LogP contribution < -0.4 is 16.8 Å². The summed E-state index contributed by atoms with van der Waals surface area (Å²) in [5.74, 6) is 5.51. The number of fused-ring (bicyclic) bond motifs is 1. The Morgan fingerprint density at radius 3 is 3.00 bits per heavy atom. The Morgan fingerprint density at radius 2 is 2.28 bits per heavy atom. The number of unbranched alkanes of at least 4 members (excludes halogenated alkanes) is 3. The Kier molecular flexibility index (Phi) is 3.93. The van der Waals surface area contributed by atoms with Gasteiger partial charge < -0.3 is 4.57 Å². The molecule has 7 nitrogen and oxygen atoms in total. The van der Waals surface area contributed by atoms with Crippen LogP contribution in [0.5, 0.6) is 0 Å². The molecular weight excluding hydrogens is 232 g/mol. The number of hydrazine groups is 1. The number of H-pyrrole nitrogens is 1. The summed E-state index contributed by atoms with van der Waals surface area (Å²) in [5.41, 5.74) is 2.99. The van der Waals surface area contributed by atoms with Gasteiger partial charge >= 0.3 is 0 Å². The second-order valence-electron chi connectivity index (χ2n) is 4.23. The van der Waals surface area contributed by atoms with Crippen LogP contribution in [0.25, 0.3) is 11.2 Å². The van der Waals surface area contributed by atoms with Gasteiger partial charge in [-0.15, -0.1) is 0 Å². The fourth-order valence-corrected chi connectivity index (χ4v) is 1.89. The monoisotopic (exact) mass is 250 g/mol. The number of imidazole rings is 1. The van der Waals surface area contributed by atoms with Crippen molar-refractivity contribution in [1.82, 2.24) is 19.5 Å². The third-order valence-corrected chi connectivity index (χ3v) is 2.86. The predicted molar refractivity (Wildman–Crippen MR) is 70.1 cm³/mol. The molecule has 2 aromatic heterocycles. The number of nitrogens with zero attached hydrogens (tertiary/aromatic N) is 3. The molecule has 0 aliphatic heterocycles. The first kappa shape index (κ1) is 12.6. The molecular formula is C11H18N6O. The van der Waals surface area contributed by atoms with E-state index in [0.717, 1.165) is 13.0 Å². The number of aryl methyl sites for hydroxylation is 1. The minimum absolute atomic E-state index is 0.253. The first-order chi connectivity index (χ1) is 8.76. The van der Waals surface area contributed by atoms with Crippen molar-refractivity contribution in [3.8, 4) is 0 Å². The highest BCUT2D eigenvalue weighted by Crippen LogP contribution is 2.09. The van der Waals surface area contributed by atoms with E-state index in [0.29, 0.717) is 11.2 Å². The molecule has 0 saturated carbocycles. The van der Waals surface area contributed by atoms with E-state index in [2.05, 4.69) is 27.3 Å². The second-order valence-corrected chi connectivity index (χ2v) is 4.23. The van der Waals surface area contributed by atoms with Crippen molar-refractivity contribution in [2.24, 2.45) is 5.84 Å². The number of nitrogens with one attached hydrogen (secondary N) is 2. The summed E-state index contributed by atoms with van der Waals surface area (Å²) in [7, 11) is 0. The van der Waals surface area contributed by atoms with Crippen molar-refractivity contribution in [2.45, 2.75) is 39.2 Å². The number of anilines is 1. The standard InChI is InChI=1S/C11H18N6O/c1-2-3-4-5-6-17-7-13-8-9(17)14-11(16-12)15-10(8)18/h7H,2-6,12H2,1H3,(H2,14,15,16,18). The molecule has 0 saturated heterocycles. The normalized spacial score (nSPS) is 11.0. The van der Waals surface area contributed by atoms with E-state index in [9.17, 15) is 4.79 Å². The van der Waals surface area contributed by atoms with E-state index in [-0.39, 0.29) is 11.5 Å². The molecule has 0 spiro atoms. The quantitative estimate of drug-likeness (QED) is 0.403. The van der Waals surface area contributed by atoms with E-state index >= 15 is 0 Å². The van der Waals surface area contributed by atoms with Crippen molar-refractivity contribution in [1.29, 1.82) is 0 Å². The molecule has 98 valence electrons. The van der Waals surface area contributed by atoms with Crippen molar-refractivity contribution in [3.63, 3.8) is 0 Å². The molecule has 0 radical (unpaired) electrons. The first-order valence-corrected chi connectivity index (χ1v) is 6.18. The summed E-state index contributed by atoms with van der Waals surface area (Å²) in [4.78, 5) is 22.5. The third-order valence-electron chi connectivity index (χ3n) is 2.86. The highest BCUT2D eigenvalue weighted by Gasteiger charge is 2.09. The molecule has 0 aromatic carbocycles. The second kappa shape index (κ2) is 5.63. The van der Waals surface area contributed by atoms with Gasteiger partial charge in [-0.1, -0.05) is 26.2 Å². The number of nitrogens with two attached hydrogens (primary N) is 1. The molecule has 2 aromatic rings. The SMILES string of the molecule is CCCCCCn1cnc2c(=O)[nH]c(NN)nc21. The van der Waals surface area contributed by atoms with Crippen LogP contribution in [0, 0.1) is 0 Å². The molecule has 0 amide bonds. The summed E-state index contributed by atoms with van der Waals surface area (Å²) >= 11 is 0. The zero-order chi connectivity index (χ0) is 13.0. The number of aromatic nitrogens is 4. The molecule has 0 atom stereocenters. The number of nitrogen functional groups attached to an aromatic ring is 1. The Labute approximate surface area is 104 Å². The molecule has 18 heavy (non-hydrogen) atoms. The topological polar surface area (TPSA) is 102 Å². The lowest BCUT2D eigenvalue weighted by atomic mass is 10.2. The largest absolute Gasteiger partial charge is 0.315 e. The number of aromatic amines is 1. The van der Waals surface area contributed by atoms with Gasteiger partial charge in [0, 0.05) is 6.54 Å². The van der Waals surface area contributed by atoms with Gasteiger partial charge in [-0.05, 0) is 6.42 Å². The maximum atomic E-state index is 11.7. The minimum atomic E-state index is -0.278. The highest BCUT2D eigenvalue weighted by molar-refractivity contribution is 5.70. The predicted octanol–water partition coefficient (Wildman–Crippen LogP) is 0.985. The third kappa shape index (κ3) is 2.51. The molecule has 7 heteroatoms. The van der Waals surface area contributed by atoms with Crippen molar-refractivity contribution in [2.75, 3.05) is 5.43 Å². The minimum Gasteiger partial charge on any atom is -0.315 e. The van der Waals surface area contributed by atoms with Crippen LogP contribution in [0.4, 0.5) is 5.95 Å². The van der Waals surface area contributed by atoms with Crippen LogP contribution >= 0.6 is 0 Å². The zero-order valence-electron chi connectivity index (χ0n) is 10.4. The average molecular weight is 250 g/mol. The molecule has 0 aliphatic carbocycles. The van der Waals surface area contributed by atoms with Crippen LogP contribution in [0.15, 0.2) is 11.1 Å². The number of rotatable bonds is 6. The summed E-state index contributed by atoms with van der Waals surface area (Å²) < 4.78 is 1.89. The van der Waals surface area contributed by atoms with Crippen molar-refractivity contribution < 1.29 is 0 Å². The van der Waals surface area contributed by atoms with E-state index in [4.69, 9.17) is 5.84 Å². The molecule has 2 rings (SSSR count). The van der Waals surface area contributed by atoms with E-state index in [1.54, 1.807) is 6.33 Å². The lowest BCUT2D eigenvalue weighted by molar-refractivity contribution is 0.589. The summed E-state index contributed by atoms with van der Waals surface area (Å²) in [6.45, 7) is 2.99. The van der Waals surface area contributed by atoms with Gasteiger partial charge in [0.15, 0.2) is 11.2 Å². The van der Waals surface area contributed by atoms with Gasteiger partial charge in [-0.3, -0.25) is 15.2 Å². The van der Waals surface area contributed by atoms with Gasteiger partial charge in [0.05, 0.1) is 6.33 Å². The van der Waals surface area contributed by atoms with Gasteiger partial charge in [0.25, 0.3) is 5.56 Å². The van der Waals surface area contributed by atoms with Crippen LogP contribution in [-0.4, -0.2) is 19.5 Å². The Balaban J connectivity index is 2.23. The smallest absolute Gasteiger partial charge is 0.280 e. The maximum absolute atomic E-state index is 11.7. The van der Waals surface area contributed by atoms with Gasteiger partial charge in [0.1, 0.15) is 0 Å². The fraction of sp³-hybridized carbons (Fsp3) is 0.545. The molecule has 0 unspecified atom stereocenters. The maximum Gasteiger partial charge on any atom is 0.280 e. The fourth-order valence-electron chi connectivity index (χ4n) is 1.89. The molecule has 0 aliphatic rings. The summed E-state index contributed by atoms with van der Waals surface area (Å²) in [6.07, 6.45) is 6.29. The Morgan fingerprint density at radius 1 is 1.44 bits per heavy atom. The van der Waals surface area contributed by atoms with E-state index < -0.39 is 0 Å². The van der Waals surface area contributed by atoms with Gasteiger partial charge in [0.2, 0.25) is 5.95 Å². The summed E-state index contributed by atoms with van der Waals surface area (Å²) in [5, 5.41) is 0. The average Bonchev–Trinajstić information content (AvgIpc) is 2.78. The Bertz CT molecular complexity index is 572. The Hall–Kier alpha value is -1.89. The van der Waals surface area contributed by atoms with Gasteiger partial charge in [-0.25, -0.2) is 10.8 Å². The van der Waals surface area contributed by atoms with E-state index in [1.165, 1.54) is 19.3 Å². The number of hydrogen-bond acceptors (Lipinski definition) is 5. The zero-order valence-corrected chi connectivity index (χ0v) is 10.4. The lowest BCUT2D eigenvalue weighted by Gasteiger charge is -2.04. The molecule has 0 fully saturated rings. The number of hydrogen-bond donors (Lipinski definition) is 3. The van der Waals surface area contributed by atoms with Crippen molar-refractivity contribution in [3.05, 3.63) is 16.7 Å². The summed E-state index contributed by atoms with van der Waals surface area (Å²) in [6, 6.07) is 0. The van der Waals surface area contributed by atoms with Crippen LogP contribution in [-0.2, 0) is 6.54 Å². The van der Waals surface area contributed by atoms with Crippen LogP contribution in [0.3, 0.4) is 0 Å². The van der Waals surface area contributed by atoms with Crippen LogP contribution in [0.1, 0.15) is 32.6 Å². The first-order valence-electron chi connectivity index (χ1n) is 6.18. The van der Waals surface area contributed by atoms with E-state index in [1.807, 2.05) is 4.57 Å². The molecule has 0 bridgehead atoms. The van der Waals surface area contributed by atoms with Crippen molar-refractivity contribution >= 4 is 17.1 Å². The molecule has 2 heterocycles.